The van der Waals surface area contributed by atoms with Gasteiger partial charge in [-0.15, -0.1) is 0 Å². The maximum atomic E-state index is 14.0. The van der Waals surface area contributed by atoms with Gasteiger partial charge in [-0.3, -0.25) is 0 Å². The second-order valence-electron chi connectivity index (χ2n) is 8.59. The van der Waals surface area contributed by atoms with Gasteiger partial charge in [-0.1, -0.05) is 61.2 Å². The highest BCUT2D eigenvalue weighted by Crippen LogP contribution is 2.53. The molecule has 1 saturated carbocycles. The van der Waals surface area contributed by atoms with Crippen molar-refractivity contribution in [2.45, 2.75) is 49.3 Å². The summed E-state index contributed by atoms with van der Waals surface area (Å²) in [6, 6.07) is 14.4. The first-order valence-electron chi connectivity index (χ1n) is 10.7. The van der Waals surface area contributed by atoms with Crippen molar-refractivity contribution in [2.75, 3.05) is 7.11 Å². The lowest BCUT2D eigenvalue weighted by atomic mass is 9.73. The molecule has 0 atom stereocenters. The summed E-state index contributed by atoms with van der Waals surface area (Å²) < 4.78 is 34.6. The molecule has 1 spiro atoms. The Kier molecular flexibility index (Phi) is 4.59. The zero-order valence-electron chi connectivity index (χ0n) is 17.7. The lowest BCUT2D eigenvalue weighted by molar-refractivity contribution is -0.133. The summed E-state index contributed by atoms with van der Waals surface area (Å²) in [6.07, 6.45) is 6.73. The average Bonchev–Trinajstić information content (AvgIpc) is 3.29. The molecule has 6 heteroatoms. The molecular formula is C25H25NO4S. The number of nitrogens with zero attached hydrogens (tertiary/aromatic N) is 1. The molecule has 0 bridgehead atoms. The second-order valence-corrected chi connectivity index (χ2v) is 10.4. The standard InChI is InChI=1S/C25H25NO4S/c1-17-10-12-18(13-11-17)31(28,29)26-21-9-5-4-8-19(21)22-20(24(27)30-2)16-25(23(22)26)14-6-3-7-15-25/h4-5,8-13,16H,3,6-7,14-15H2,1-2H3. The first-order valence-corrected chi connectivity index (χ1v) is 12.1. The number of methoxy groups -OCH3 is 1. The number of aryl methyl sites for hydroxylation is 1. The van der Waals surface area contributed by atoms with Crippen LogP contribution < -0.4 is 0 Å². The zero-order valence-corrected chi connectivity index (χ0v) is 18.5. The molecule has 5 rings (SSSR count). The number of hydrogen-bond donors (Lipinski definition) is 0. The number of esters is 1. The van der Waals surface area contributed by atoms with Crippen molar-refractivity contribution < 1.29 is 17.9 Å². The van der Waals surface area contributed by atoms with Gasteiger partial charge in [0.25, 0.3) is 10.0 Å². The maximum Gasteiger partial charge on any atom is 0.338 e. The highest BCUT2D eigenvalue weighted by molar-refractivity contribution is 7.90. The van der Waals surface area contributed by atoms with E-state index in [0.29, 0.717) is 16.7 Å². The van der Waals surface area contributed by atoms with Crippen molar-refractivity contribution in [2.24, 2.45) is 0 Å². The number of aromatic nitrogens is 1. The number of hydrogen-bond acceptors (Lipinski definition) is 4. The molecule has 0 N–H and O–H groups in total. The number of para-hydroxylation sites is 1. The average molecular weight is 436 g/mol. The molecule has 5 nitrogen and oxygen atoms in total. The van der Waals surface area contributed by atoms with Gasteiger partial charge >= 0.3 is 5.97 Å². The smallest absolute Gasteiger partial charge is 0.338 e. The van der Waals surface area contributed by atoms with Crippen LogP contribution in [0.1, 0.15) is 48.9 Å². The van der Waals surface area contributed by atoms with Crippen LogP contribution >= 0.6 is 0 Å². The van der Waals surface area contributed by atoms with Crippen molar-refractivity contribution in [3.63, 3.8) is 0 Å². The van der Waals surface area contributed by atoms with Crippen LogP contribution in [0.5, 0.6) is 0 Å². The normalized spacial score (nSPS) is 17.5. The molecule has 0 amide bonds. The fourth-order valence-electron chi connectivity index (χ4n) is 5.25. The Morgan fingerprint density at radius 2 is 1.68 bits per heavy atom. The van der Waals surface area contributed by atoms with Gasteiger partial charge in [0, 0.05) is 16.4 Å². The van der Waals surface area contributed by atoms with Crippen LogP contribution in [0.25, 0.3) is 16.5 Å². The summed E-state index contributed by atoms with van der Waals surface area (Å²) >= 11 is 0. The minimum absolute atomic E-state index is 0.249. The Morgan fingerprint density at radius 3 is 2.35 bits per heavy atom. The second kappa shape index (κ2) is 7.09. The van der Waals surface area contributed by atoms with E-state index in [1.54, 1.807) is 12.1 Å². The van der Waals surface area contributed by atoms with E-state index in [1.165, 1.54) is 11.1 Å². The number of carbonyl (C=O) groups excluding carboxylic acids is 1. The van der Waals surface area contributed by atoms with Crippen molar-refractivity contribution in [1.82, 2.24) is 3.97 Å². The van der Waals surface area contributed by atoms with Crippen molar-refractivity contribution in [3.05, 3.63) is 71.4 Å². The number of allylic oxidation sites excluding steroid dienone is 1. The van der Waals surface area contributed by atoms with Crippen LogP contribution in [0.2, 0.25) is 0 Å². The van der Waals surface area contributed by atoms with Crippen LogP contribution in [0, 0.1) is 6.92 Å². The fourth-order valence-corrected chi connectivity index (χ4v) is 6.87. The number of ether oxygens (including phenoxy) is 1. The van der Waals surface area contributed by atoms with Crippen LogP contribution in [-0.4, -0.2) is 25.5 Å². The predicted molar refractivity (Wildman–Crippen MR) is 120 cm³/mol. The van der Waals surface area contributed by atoms with Gasteiger partial charge in [-0.05, 0) is 38.0 Å². The van der Waals surface area contributed by atoms with Crippen molar-refractivity contribution in [1.29, 1.82) is 0 Å². The third kappa shape index (κ3) is 2.88. The Morgan fingerprint density at radius 1 is 1.00 bits per heavy atom. The van der Waals surface area contributed by atoms with Crippen LogP contribution in [0.15, 0.2) is 59.5 Å². The van der Waals surface area contributed by atoms with Crippen LogP contribution in [0.4, 0.5) is 0 Å². The molecule has 0 saturated heterocycles. The highest BCUT2D eigenvalue weighted by atomic mass is 32.2. The Labute approximate surface area is 182 Å². The van der Waals surface area contributed by atoms with Gasteiger partial charge in [0.1, 0.15) is 0 Å². The molecule has 2 aliphatic carbocycles. The number of fused-ring (bicyclic) bond motifs is 4. The first kappa shape index (κ1) is 20.1. The van der Waals surface area contributed by atoms with Crippen LogP contribution in [0.3, 0.4) is 0 Å². The van der Waals surface area contributed by atoms with E-state index in [2.05, 4.69) is 0 Å². The van der Waals surface area contributed by atoms with Gasteiger partial charge in [-0.25, -0.2) is 17.2 Å². The molecule has 0 aliphatic heterocycles. The molecule has 0 radical (unpaired) electrons. The third-order valence-corrected chi connectivity index (χ3v) is 8.43. The quantitative estimate of drug-likeness (QED) is 0.546. The molecule has 0 unspecified atom stereocenters. The van der Waals surface area contributed by atoms with Crippen LogP contribution in [-0.2, 0) is 25.0 Å². The molecule has 2 aromatic carbocycles. The summed E-state index contributed by atoms with van der Waals surface area (Å²) in [7, 11) is -2.49. The van der Waals surface area contributed by atoms with E-state index in [-0.39, 0.29) is 4.90 Å². The first-order chi connectivity index (χ1) is 14.9. The minimum Gasteiger partial charge on any atom is -0.465 e. The van der Waals surface area contributed by atoms with E-state index in [4.69, 9.17) is 4.74 Å². The Bertz CT molecular complexity index is 1320. The van der Waals surface area contributed by atoms with E-state index >= 15 is 0 Å². The minimum atomic E-state index is -3.86. The molecule has 2 aliphatic rings. The molecule has 160 valence electrons. The maximum absolute atomic E-state index is 14.0. The number of carbonyl (C=O) groups is 1. The summed E-state index contributed by atoms with van der Waals surface area (Å²) in [5.41, 5.74) is 3.03. The van der Waals surface area contributed by atoms with Gasteiger partial charge < -0.3 is 4.74 Å². The van der Waals surface area contributed by atoms with Crippen molar-refractivity contribution in [3.8, 4) is 0 Å². The number of benzene rings is 2. The van der Waals surface area contributed by atoms with E-state index in [0.717, 1.165) is 48.7 Å². The van der Waals surface area contributed by atoms with Gasteiger partial charge in [-0.2, -0.15) is 0 Å². The van der Waals surface area contributed by atoms with Gasteiger partial charge in [0.2, 0.25) is 0 Å². The lowest BCUT2D eigenvalue weighted by Gasteiger charge is -2.33. The molecule has 1 aromatic heterocycles. The topological polar surface area (TPSA) is 65.4 Å². The molecule has 1 heterocycles. The number of rotatable bonds is 3. The SMILES string of the molecule is COC(=O)C1=CC2(CCCCC2)c2c1c1ccccc1n2S(=O)(=O)c1ccc(C)cc1. The van der Waals surface area contributed by atoms with E-state index < -0.39 is 21.4 Å². The molecular weight excluding hydrogens is 410 g/mol. The third-order valence-electron chi connectivity index (χ3n) is 6.70. The molecule has 3 aromatic rings. The van der Waals surface area contributed by atoms with Gasteiger partial charge in [0.05, 0.1) is 28.8 Å². The monoisotopic (exact) mass is 435 g/mol. The highest BCUT2D eigenvalue weighted by Gasteiger charge is 2.47. The Balaban J connectivity index is 1.88. The molecule has 31 heavy (non-hydrogen) atoms. The summed E-state index contributed by atoms with van der Waals surface area (Å²) in [6.45, 7) is 1.93. The Hall–Kier alpha value is -2.86. The summed E-state index contributed by atoms with van der Waals surface area (Å²) in [5.74, 6) is -0.417. The zero-order chi connectivity index (χ0) is 21.8. The summed E-state index contributed by atoms with van der Waals surface area (Å²) in [4.78, 5) is 13.0. The van der Waals surface area contributed by atoms with E-state index in [9.17, 15) is 13.2 Å². The van der Waals surface area contributed by atoms with E-state index in [1.807, 2.05) is 49.4 Å². The lowest BCUT2D eigenvalue weighted by Crippen LogP contribution is -2.30. The summed E-state index contributed by atoms with van der Waals surface area (Å²) in [5, 5.41) is 0.771. The molecule has 1 fully saturated rings. The van der Waals surface area contributed by atoms with Gasteiger partial charge in [0.15, 0.2) is 0 Å². The largest absolute Gasteiger partial charge is 0.465 e. The predicted octanol–water partition coefficient (Wildman–Crippen LogP) is 4.96. The van der Waals surface area contributed by atoms with Crippen molar-refractivity contribution >= 4 is 32.5 Å². The fraction of sp³-hybridized carbons (Fsp3) is 0.320.